The van der Waals surface area contributed by atoms with Gasteiger partial charge in [0.2, 0.25) is 0 Å². The van der Waals surface area contributed by atoms with E-state index in [2.05, 4.69) is 49.8 Å². The van der Waals surface area contributed by atoms with E-state index in [1.807, 2.05) is 6.07 Å². The predicted octanol–water partition coefficient (Wildman–Crippen LogP) is 4.68. The lowest BCUT2D eigenvalue weighted by Crippen LogP contribution is -2.19. The van der Waals surface area contributed by atoms with Crippen LogP contribution in [0.4, 0.5) is 4.39 Å². The maximum Gasteiger partial charge on any atom is 0.160 e. The van der Waals surface area contributed by atoms with Gasteiger partial charge in [-0.1, -0.05) is 24.3 Å². The van der Waals surface area contributed by atoms with Crippen LogP contribution in [0.3, 0.4) is 0 Å². The molecule has 0 spiro atoms. The van der Waals surface area contributed by atoms with Crippen LogP contribution in [-0.4, -0.2) is 38.2 Å². The summed E-state index contributed by atoms with van der Waals surface area (Å²) >= 11 is 0. The molecule has 3 aromatic heterocycles. The molecule has 152 valence electrons. The third kappa shape index (κ3) is 3.10. The summed E-state index contributed by atoms with van der Waals surface area (Å²) in [5.41, 5.74) is 7.46. The largest absolute Gasteiger partial charge is 0.321 e. The summed E-state index contributed by atoms with van der Waals surface area (Å²) in [6, 6.07) is 14.7. The van der Waals surface area contributed by atoms with Gasteiger partial charge in [0, 0.05) is 23.7 Å². The third-order valence-corrected chi connectivity index (χ3v) is 5.76. The number of nitrogens with zero attached hydrogens (tertiary/aromatic N) is 3. The first kappa shape index (κ1) is 18.0. The van der Waals surface area contributed by atoms with Crippen LogP contribution in [0.2, 0.25) is 0 Å². The molecule has 6 rings (SSSR count). The van der Waals surface area contributed by atoms with Gasteiger partial charge in [0.15, 0.2) is 11.5 Å². The predicted molar refractivity (Wildman–Crippen MR) is 120 cm³/mol. The van der Waals surface area contributed by atoms with Crippen LogP contribution in [0.1, 0.15) is 12.0 Å². The van der Waals surface area contributed by atoms with E-state index in [0.717, 1.165) is 52.8 Å². The van der Waals surface area contributed by atoms with Crippen LogP contribution in [0.5, 0.6) is 0 Å². The number of H-pyrrole nitrogens is 2. The minimum Gasteiger partial charge on any atom is -0.321 e. The van der Waals surface area contributed by atoms with Crippen LogP contribution < -0.4 is 5.32 Å². The van der Waals surface area contributed by atoms with Crippen molar-refractivity contribution in [3.63, 3.8) is 0 Å². The van der Waals surface area contributed by atoms with Crippen LogP contribution in [-0.2, 0) is 0 Å². The lowest BCUT2D eigenvalue weighted by molar-refractivity contribution is 0.628. The topological polar surface area (TPSA) is 82.3 Å². The molecule has 7 heteroatoms. The number of fused-ring (bicyclic) bond motifs is 2. The summed E-state index contributed by atoms with van der Waals surface area (Å²) in [7, 11) is 0. The molecule has 6 nitrogen and oxygen atoms in total. The number of aromatic nitrogens is 5. The van der Waals surface area contributed by atoms with Gasteiger partial charge >= 0.3 is 0 Å². The Morgan fingerprint density at radius 3 is 2.68 bits per heavy atom. The van der Waals surface area contributed by atoms with Crippen molar-refractivity contribution in [2.75, 3.05) is 13.1 Å². The highest BCUT2D eigenvalue weighted by Crippen LogP contribution is 2.32. The van der Waals surface area contributed by atoms with E-state index in [0.29, 0.717) is 11.5 Å². The maximum atomic E-state index is 13.4. The Bertz CT molecular complexity index is 1440. The number of nitrogens with one attached hydrogen (secondary N) is 3. The molecule has 0 radical (unpaired) electrons. The smallest absolute Gasteiger partial charge is 0.160 e. The fourth-order valence-electron chi connectivity index (χ4n) is 4.16. The third-order valence-electron chi connectivity index (χ3n) is 5.76. The second-order valence-corrected chi connectivity index (χ2v) is 7.66. The fourth-order valence-corrected chi connectivity index (χ4v) is 4.16. The first-order valence-electron chi connectivity index (χ1n) is 10.3. The highest BCUT2D eigenvalue weighted by Gasteiger charge is 2.17. The van der Waals surface area contributed by atoms with Crippen LogP contribution in [0, 0.1) is 5.82 Å². The Balaban J connectivity index is 1.48. The van der Waals surface area contributed by atoms with E-state index in [9.17, 15) is 4.39 Å². The Kier molecular flexibility index (Phi) is 4.14. The van der Waals surface area contributed by atoms with Crippen molar-refractivity contribution in [3.8, 4) is 22.6 Å². The van der Waals surface area contributed by atoms with Gasteiger partial charge in [0.1, 0.15) is 17.0 Å². The van der Waals surface area contributed by atoms with Crippen molar-refractivity contribution < 1.29 is 4.39 Å². The molecule has 5 aromatic rings. The van der Waals surface area contributed by atoms with E-state index >= 15 is 0 Å². The molecule has 0 saturated carbocycles. The van der Waals surface area contributed by atoms with Crippen molar-refractivity contribution in [1.82, 2.24) is 30.5 Å². The summed E-state index contributed by atoms with van der Waals surface area (Å²) in [5.74, 6) is 0.388. The number of aromatic amines is 2. The number of rotatable bonds is 3. The molecule has 0 saturated heterocycles. The van der Waals surface area contributed by atoms with Crippen molar-refractivity contribution >= 4 is 27.6 Å². The number of halogens is 1. The van der Waals surface area contributed by atoms with Gasteiger partial charge in [0.05, 0.1) is 5.52 Å². The SMILES string of the molecule is Fc1ccc(-c2ccnc3[nH]c(-c4n[nH]c5ccc(C6=CCNCC6)cc45)nc23)cc1. The van der Waals surface area contributed by atoms with E-state index in [1.54, 1.807) is 18.3 Å². The summed E-state index contributed by atoms with van der Waals surface area (Å²) in [6.07, 6.45) is 4.98. The number of hydrogen-bond donors (Lipinski definition) is 3. The molecule has 0 aliphatic carbocycles. The van der Waals surface area contributed by atoms with Gasteiger partial charge in [-0.05, 0) is 60.0 Å². The zero-order chi connectivity index (χ0) is 20.8. The van der Waals surface area contributed by atoms with Gasteiger partial charge in [-0.3, -0.25) is 5.10 Å². The minimum atomic E-state index is -0.264. The molecular formula is C24H19FN6. The molecular weight excluding hydrogens is 391 g/mol. The Morgan fingerprint density at radius 2 is 1.84 bits per heavy atom. The molecule has 0 bridgehead atoms. The minimum absolute atomic E-state index is 0.264. The first-order valence-corrected chi connectivity index (χ1v) is 10.3. The summed E-state index contributed by atoms with van der Waals surface area (Å²) in [4.78, 5) is 12.6. The monoisotopic (exact) mass is 410 g/mol. The molecule has 3 N–H and O–H groups in total. The quantitative estimate of drug-likeness (QED) is 0.403. The molecule has 4 heterocycles. The standard InChI is InChI=1S/C24H19FN6/c25-17-4-1-15(2-5-17)18-9-12-27-23-21(18)28-24(29-23)22-19-13-16(3-6-20(19)30-31-22)14-7-10-26-11-8-14/h1-7,9,12-13,26H,8,10-11H2,(H,30,31)(H,27,28,29). The summed E-state index contributed by atoms with van der Waals surface area (Å²) < 4.78 is 13.4. The van der Waals surface area contributed by atoms with E-state index < -0.39 is 0 Å². The average molecular weight is 410 g/mol. The van der Waals surface area contributed by atoms with Gasteiger partial charge in [-0.15, -0.1) is 0 Å². The van der Waals surface area contributed by atoms with Gasteiger partial charge in [-0.25, -0.2) is 14.4 Å². The van der Waals surface area contributed by atoms with Gasteiger partial charge < -0.3 is 10.3 Å². The molecule has 0 fully saturated rings. The molecule has 1 aliphatic heterocycles. The lowest BCUT2D eigenvalue weighted by Gasteiger charge is -2.14. The summed E-state index contributed by atoms with van der Waals surface area (Å²) in [6.45, 7) is 1.89. The van der Waals surface area contributed by atoms with Crippen molar-refractivity contribution in [3.05, 3.63) is 72.2 Å². The molecule has 0 unspecified atom stereocenters. The van der Waals surface area contributed by atoms with Crippen LogP contribution in [0.25, 0.3) is 50.3 Å². The molecule has 2 aromatic carbocycles. The van der Waals surface area contributed by atoms with E-state index in [1.165, 1.54) is 23.3 Å². The van der Waals surface area contributed by atoms with Crippen molar-refractivity contribution in [2.45, 2.75) is 6.42 Å². The van der Waals surface area contributed by atoms with Gasteiger partial charge in [-0.2, -0.15) is 5.10 Å². The Labute approximate surface area is 177 Å². The molecule has 31 heavy (non-hydrogen) atoms. The maximum absolute atomic E-state index is 13.4. The Hall–Kier alpha value is -3.84. The summed E-state index contributed by atoms with van der Waals surface area (Å²) in [5, 5.41) is 12.0. The van der Waals surface area contributed by atoms with Crippen molar-refractivity contribution in [2.24, 2.45) is 0 Å². The number of imidazole rings is 1. The second kappa shape index (κ2) is 7.14. The lowest BCUT2D eigenvalue weighted by atomic mass is 9.98. The van der Waals surface area contributed by atoms with Crippen LogP contribution in [0.15, 0.2) is 60.8 Å². The average Bonchev–Trinajstić information content (AvgIpc) is 3.43. The first-order chi connectivity index (χ1) is 15.3. The number of pyridine rings is 1. The van der Waals surface area contributed by atoms with Crippen molar-refractivity contribution in [1.29, 1.82) is 0 Å². The highest BCUT2D eigenvalue weighted by molar-refractivity contribution is 5.97. The fraction of sp³-hybridized carbons (Fsp3) is 0.125. The zero-order valence-corrected chi connectivity index (χ0v) is 16.6. The molecule has 1 aliphatic rings. The Morgan fingerprint density at radius 1 is 0.968 bits per heavy atom. The normalized spacial score (nSPS) is 14.3. The zero-order valence-electron chi connectivity index (χ0n) is 16.6. The number of benzene rings is 2. The second-order valence-electron chi connectivity index (χ2n) is 7.66. The molecule has 0 atom stereocenters. The highest BCUT2D eigenvalue weighted by atomic mass is 19.1. The van der Waals surface area contributed by atoms with Gasteiger partial charge in [0.25, 0.3) is 0 Å². The molecule has 0 amide bonds. The van der Waals surface area contributed by atoms with Crippen LogP contribution >= 0.6 is 0 Å². The van der Waals surface area contributed by atoms with E-state index in [4.69, 9.17) is 4.98 Å². The van der Waals surface area contributed by atoms with E-state index in [-0.39, 0.29) is 5.82 Å². The number of hydrogen-bond acceptors (Lipinski definition) is 4.